The first kappa shape index (κ1) is 27.6. The summed E-state index contributed by atoms with van der Waals surface area (Å²) in [6, 6.07) is 16.2. The Kier molecular flexibility index (Phi) is 8.01. The topological polar surface area (TPSA) is 82.6 Å². The number of piperidine rings is 1. The Bertz CT molecular complexity index is 1500. The second-order valence-electron chi connectivity index (χ2n) is 10.2. The average molecular weight is 586 g/mol. The van der Waals surface area contributed by atoms with Crippen LogP contribution in [0.2, 0.25) is 10.2 Å². The van der Waals surface area contributed by atoms with Crippen LogP contribution in [-0.2, 0) is 21.8 Å². The molecule has 5 rings (SSSR count). The third kappa shape index (κ3) is 6.30. The van der Waals surface area contributed by atoms with Crippen molar-refractivity contribution in [2.24, 2.45) is 0 Å². The van der Waals surface area contributed by atoms with E-state index in [2.05, 4.69) is 27.4 Å². The molecule has 204 valence electrons. The minimum absolute atomic E-state index is 0.210. The lowest BCUT2D eigenvalue weighted by Crippen LogP contribution is -2.47. The first-order valence-electron chi connectivity index (χ1n) is 12.8. The van der Waals surface area contributed by atoms with Gasteiger partial charge in [0.15, 0.2) is 9.84 Å². The van der Waals surface area contributed by atoms with Gasteiger partial charge in [-0.3, -0.25) is 9.80 Å². The van der Waals surface area contributed by atoms with Gasteiger partial charge in [-0.1, -0.05) is 53.6 Å². The predicted octanol–water partition coefficient (Wildman–Crippen LogP) is 5.57. The van der Waals surface area contributed by atoms with Crippen LogP contribution >= 0.6 is 23.2 Å². The Balaban J connectivity index is 1.31. The molecule has 1 spiro atoms. The van der Waals surface area contributed by atoms with Crippen molar-refractivity contribution in [3.05, 3.63) is 93.7 Å². The number of rotatable bonds is 6. The van der Waals surface area contributed by atoms with Gasteiger partial charge < -0.3 is 5.32 Å². The fourth-order valence-corrected chi connectivity index (χ4v) is 6.36. The van der Waals surface area contributed by atoms with Crippen LogP contribution in [0.5, 0.6) is 0 Å². The zero-order chi connectivity index (χ0) is 27.6. The summed E-state index contributed by atoms with van der Waals surface area (Å²) in [5.74, 6) is 0. The van der Waals surface area contributed by atoms with Gasteiger partial charge in [-0.2, -0.15) is 0 Å². The number of urea groups is 1. The zero-order valence-corrected chi connectivity index (χ0v) is 23.9. The van der Waals surface area contributed by atoms with Crippen molar-refractivity contribution in [1.82, 2.24) is 15.2 Å². The van der Waals surface area contributed by atoms with Crippen LogP contribution in [0.25, 0.3) is 6.08 Å². The van der Waals surface area contributed by atoms with E-state index in [1.54, 1.807) is 35.4 Å². The van der Waals surface area contributed by atoms with Crippen LogP contribution in [0, 0.1) is 0 Å². The number of nitrogens with one attached hydrogen (secondary N) is 1. The average Bonchev–Trinajstić information content (AvgIpc) is 3.22. The van der Waals surface area contributed by atoms with E-state index in [0.717, 1.165) is 54.2 Å². The number of aromatic nitrogens is 1. The molecule has 2 aromatic carbocycles. The molecule has 10 heteroatoms. The maximum atomic E-state index is 13.4. The number of hydrogen-bond donors (Lipinski definition) is 1. The number of carbonyl (C=O) groups excluding carboxylic acids is 1. The lowest BCUT2D eigenvalue weighted by atomic mass is 9.74. The number of amides is 2. The summed E-state index contributed by atoms with van der Waals surface area (Å²) in [6.45, 7) is 3.38. The molecule has 3 heterocycles. The number of sulfone groups is 1. The van der Waals surface area contributed by atoms with Gasteiger partial charge in [-0.15, -0.1) is 0 Å². The van der Waals surface area contributed by atoms with E-state index in [-0.39, 0.29) is 16.3 Å². The quantitative estimate of drug-likeness (QED) is 0.383. The van der Waals surface area contributed by atoms with E-state index in [1.807, 2.05) is 30.3 Å². The molecule has 7 nitrogen and oxygen atoms in total. The monoisotopic (exact) mass is 584 g/mol. The van der Waals surface area contributed by atoms with Gasteiger partial charge in [0.2, 0.25) is 0 Å². The summed E-state index contributed by atoms with van der Waals surface area (Å²) in [7, 11) is -3.42. The Morgan fingerprint density at radius 2 is 1.82 bits per heavy atom. The van der Waals surface area contributed by atoms with Crippen LogP contribution < -0.4 is 10.2 Å². The molecule has 0 aliphatic carbocycles. The maximum Gasteiger partial charge on any atom is 0.322 e. The summed E-state index contributed by atoms with van der Waals surface area (Å²) in [5, 5.41) is 4.05. The standard InChI is InChI=1S/C29H30Cl2N4O3S/c1-39(37,38)24-8-9-25-26(18-24)35(28(36)33-19-22-10-13-32-27(31)17-22)20-29(25)11-15-34(16-12-29)14-2-3-21-4-6-23(30)7-5-21/h2-10,13,17-18H,11-12,14-16,19-20H2,1H3,(H,33,36)/b3-2+. The molecule has 1 saturated heterocycles. The largest absolute Gasteiger partial charge is 0.334 e. The SMILES string of the molecule is CS(=O)(=O)c1ccc2c(c1)N(C(=O)NCc1ccnc(Cl)c1)CC21CCN(C/C=C/c2ccc(Cl)cc2)CC1. The normalized spacial score (nSPS) is 17.1. The zero-order valence-electron chi connectivity index (χ0n) is 21.6. The molecular weight excluding hydrogens is 555 g/mol. The molecule has 0 bridgehead atoms. The Labute approximate surface area is 239 Å². The molecule has 3 aromatic rings. The number of hydrogen-bond acceptors (Lipinski definition) is 5. The number of benzene rings is 2. The van der Waals surface area contributed by atoms with Crippen molar-refractivity contribution in [3.63, 3.8) is 0 Å². The van der Waals surface area contributed by atoms with E-state index in [4.69, 9.17) is 23.2 Å². The fourth-order valence-electron chi connectivity index (χ4n) is 5.40. The molecule has 2 aliphatic heterocycles. The minimum atomic E-state index is -3.42. The molecule has 1 aromatic heterocycles. The smallest absolute Gasteiger partial charge is 0.322 e. The molecule has 2 amide bonds. The molecule has 1 N–H and O–H groups in total. The highest BCUT2D eigenvalue weighted by Gasteiger charge is 2.46. The van der Waals surface area contributed by atoms with E-state index in [0.29, 0.717) is 23.9 Å². The lowest BCUT2D eigenvalue weighted by molar-refractivity contribution is 0.180. The van der Waals surface area contributed by atoms with Gasteiger partial charge >= 0.3 is 6.03 Å². The second-order valence-corrected chi connectivity index (χ2v) is 13.1. The number of halogens is 2. The second kappa shape index (κ2) is 11.3. The highest BCUT2D eigenvalue weighted by Crippen LogP contribution is 2.47. The van der Waals surface area contributed by atoms with Crippen molar-refractivity contribution < 1.29 is 13.2 Å². The number of nitrogens with zero attached hydrogens (tertiary/aromatic N) is 3. The van der Waals surface area contributed by atoms with Crippen LogP contribution in [0.4, 0.5) is 10.5 Å². The van der Waals surface area contributed by atoms with E-state index >= 15 is 0 Å². The molecular formula is C29H30Cl2N4O3S. The van der Waals surface area contributed by atoms with Crippen molar-refractivity contribution in [2.75, 3.05) is 37.3 Å². The lowest BCUT2D eigenvalue weighted by Gasteiger charge is -2.39. The number of fused-ring (bicyclic) bond motifs is 2. The van der Waals surface area contributed by atoms with E-state index in [1.165, 1.54) is 6.26 Å². The molecule has 0 unspecified atom stereocenters. The summed E-state index contributed by atoms with van der Waals surface area (Å²) >= 11 is 12.0. The first-order chi connectivity index (χ1) is 18.6. The van der Waals surface area contributed by atoms with Gasteiger partial charge in [0.25, 0.3) is 0 Å². The Morgan fingerprint density at radius 1 is 1.08 bits per heavy atom. The number of carbonyl (C=O) groups is 1. The molecule has 0 radical (unpaired) electrons. The third-order valence-corrected chi connectivity index (χ3v) is 9.13. The molecule has 0 saturated carbocycles. The van der Waals surface area contributed by atoms with Gasteiger partial charge in [-0.25, -0.2) is 18.2 Å². The van der Waals surface area contributed by atoms with Gasteiger partial charge in [-0.05, 0) is 79.0 Å². The van der Waals surface area contributed by atoms with Crippen LogP contribution in [0.3, 0.4) is 0 Å². The van der Waals surface area contributed by atoms with Crippen molar-refractivity contribution in [1.29, 1.82) is 0 Å². The Morgan fingerprint density at radius 3 is 2.51 bits per heavy atom. The first-order valence-corrected chi connectivity index (χ1v) is 15.4. The third-order valence-electron chi connectivity index (χ3n) is 7.56. The van der Waals surface area contributed by atoms with Crippen molar-refractivity contribution >= 4 is 50.8 Å². The number of pyridine rings is 1. The van der Waals surface area contributed by atoms with E-state index < -0.39 is 9.84 Å². The summed E-state index contributed by atoms with van der Waals surface area (Å²) < 4.78 is 24.7. The fraction of sp³-hybridized carbons (Fsp3) is 0.310. The summed E-state index contributed by atoms with van der Waals surface area (Å²) in [4.78, 5) is 21.7. The van der Waals surface area contributed by atoms with Crippen LogP contribution in [-0.4, -0.2) is 56.8 Å². The summed E-state index contributed by atoms with van der Waals surface area (Å²) in [6.07, 6.45) is 8.79. The molecule has 2 aliphatic rings. The van der Waals surface area contributed by atoms with Crippen LogP contribution in [0.1, 0.15) is 29.5 Å². The predicted molar refractivity (Wildman–Crippen MR) is 156 cm³/mol. The molecule has 0 atom stereocenters. The molecule has 1 fully saturated rings. The van der Waals surface area contributed by atoms with Gasteiger partial charge in [0.05, 0.1) is 10.6 Å². The Hall–Kier alpha value is -2.91. The minimum Gasteiger partial charge on any atom is -0.334 e. The van der Waals surface area contributed by atoms with Crippen molar-refractivity contribution in [2.45, 2.75) is 29.7 Å². The van der Waals surface area contributed by atoms with Gasteiger partial charge in [0, 0.05) is 42.5 Å². The van der Waals surface area contributed by atoms with Crippen LogP contribution in [0.15, 0.2) is 71.8 Å². The highest BCUT2D eigenvalue weighted by atomic mass is 35.5. The van der Waals surface area contributed by atoms with Gasteiger partial charge in [0.1, 0.15) is 5.15 Å². The van der Waals surface area contributed by atoms with E-state index in [9.17, 15) is 13.2 Å². The maximum absolute atomic E-state index is 13.4. The molecule has 39 heavy (non-hydrogen) atoms. The highest BCUT2D eigenvalue weighted by molar-refractivity contribution is 7.90. The number of likely N-dealkylation sites (tertiary alicyclic amines) is 1. The van der Waals surface area contributed by atoms with Crippen molar-refractivity contribution in [3.8, 4) is 0 Å². The summed E-state index contributed by atoms with van der Waals surface area (Å²) in [5.41, 5.74) is 3.42. The number of anilines is 1.